The maximum atomic E-state index is 11.6. The minimum Gasteiger partial charge on any atom is -0.347 e. The summed E-state index contributed by atoms with van der Waals surface area (Å²) < 4.78 is 1.60. The molecule has 2 aromatic rings. The van der Waals surface area contributed by atoms with Crippen molar-refractivity contribution in [3.8, 4) is 0 Å². The van der Waals surface area contributed by atoms with Gasteiger partial charge in [-0.1, -0.05) is 13.3 Å². The molecule has 22 heavy (non-hydrogen) atoms. The van der Waals surface area contributed by atoms with Gasteiger partial charge in [0.25, 0.3) is 0 Å². The highest BCUT2D eigenvalue weighted by Gasteiger charge is 2.07. The summed E-state index contributed by atoms with van der Waals surface area (Å²) in [5.74, 6) is 0.734. The van der Waals surface area contributed by atoms with E-state index in [-0.39, 0.29) is 12.5 Å². The van der Waals surface area contributed by atoms with Crippen molar-refractivity contribution in [1.82, 2.24) is 24.6 Å². The number of hydrogen-bond acceptors (Lipinski definition) is 5. The first-order chi connectivity index (χ1) is 10.6. The summed E-state index contributed by atoms with van der Waals surface area (Å²) in [4.78, 5) is 21.7. The molecule has 2 aromatic heterocycles. The Morgan fingerprint density at radius 2 is 2.18 bits per heavy atom. The topological polar surface area (TPSA) is 75.9 Å². The summed E-state index contributed by atoms with van der Waals surface area (Å²) in [5, 5.41) is 7.35. The number of amides is 1. The van der Waals surface area contributed by atoms with Gasteiger partial charge in [-0.15, -0.1) is 0 Å². The zero-order valence-corrected chi connectivity index (χ0v) is 13.3. The number of nitrogens with one attached hydrogen (secondary N) is 1. The Hall–Kier alpha value is -2.44. The lowest BCUT2D eigenvalue weighted by atomic mass is 10.2. The van der Waals surface area contributed by atoms with Crippen molar-refractivity contribution in [2.45, 2.75) is 32.7 Å². The van der Waals surface area contributed by atoms with Crippen LogP contribution in [0.3, 0.4) is 0 Å². The van der Waals surface area contributed by atoms with Crippen LogP contribution in [0.5, 0.6) is 0 Å². The van der Waals surface area contributed by atoms with Gasteiger partial charge in [-0.05, 0) is 12.8 Å². The molecule has 0 aromatic carbocycles. The second-order valence-electron chi connectivity index (χ2n) is 5.34. The molecule has 0 radical (unpaired) electrons. The molecule has 0 saturated carbocycles. The number of carbonyl (C=O) groups is 1. The number of aryl methyl sites for hydroxylation is 1. The van der Waals surface area contributed by atoms with E-state index in [0.717, 1.165) is 36.5 Å². The van der Waals surface area contributed by atoms with Crippen molar-refractivity contribution in [2.24, 2.45) is 0 Å². The summed E-state index contributed by atoms with van der Waals surface area (Å²) in [5.41, 5.74) is 1.82. The number of unbranched alkanes of at least 4 members (excludes halogenated alkanes) is 1. The number of rotatable bonds is 7. The highest BCUT2D eigenvalue weighted by atomic mass is 16.2. The van der Waals surface area contributed by atoms with Gasteiger partial charge in [-0.25, -0.2) is 9.97 Å². The number of anilines is 2. The zero-order valence-electron chi connectivity index (χ0n) is 13.3. The normalized spacial score (nSPS) is 10.5. The van der Waals surface area contributed by atoms with E-state index in [9.17, 15) is 4.79 Å². The number of aromatic nitrogens is 4. The van der Waals surface area contributed by atoms with Crippen molar-refractivity contribution in [3.05, 3.63) is 30.5 Å². The van der Waals surface area contributed by atoms with Crippen LogP contribution in [0.25, 0.3) is 0 Å². The van der Waals surface area contributed by atoms with Gasteiger partial charge in [0.15, 0.2) is 0 Å². The van der Waals surface area contributed by atoms with Crippen molar-refractivity contribution in [2.75, 3.05) is 19.4 Å². The van der Waals surface area contributed by atoms with Crippen LogP contribution in [-0.4, -0.2) is 44.7 Å². The Balaban J connectivity index is 1.99. The van der Waals surface area contributed by atoms with E-state index in [0.29, 0.717) is 0 Å². The molecule has 0 spiro atoms. The first-order valence-electron chi connectivity index (χ1n) is 7.39. The van der Waals surface area contributed by atoms with Gasteiger partial charge in [0.1, 0.15) is 18.7 Å². The summed E-state index contributed by atoms with van der Waals surface area (Å²) in [6.45, 7) is 2.38. The van der Waals surface area contributed by atoms with E-state index in [1.807, 2.05) is 6.07 Å². The maximum Gasteiger partial charge on any atom is 0.243 e. The van der Waals surface area contributed by atoms with E-state index >= 15 is 0 Å². The first kappa shape index (κ1) is 15.9. The fourth-order valence-corrected chi connectivity index (χ4v) is 1.90. The van der Waals surface area contributed by atoms with E-state index in [2.05, 4.69) is 27.3 Å². The summed E-state index contributed by atoms with van der Waals surface area (Å²) >= 11 is 0. The van der Waals surface area contributed by atoms with Gasteiger partial charge < -0.3 is 10.2 Å². The van der Waals surface area contributed by atoms with Crippen molar-refractivity contribution < 1.29 is 4.79 Å². The molecule has 0 unspecified atom stereocenters. The number of hydrogen-bond donors (Lipinski definition) is 1. The van der Waals surface area contributed by atoms with E-state index in [1.54, 1.807) is 42.4 Å². The molecule has 0 fully saturated rings. The van der Waals surface area contributed by atoms with E-state index in [1.165, 1.54) is 0 Å². The fraction of sp³-hybridized carbons (Fsp3) is 0.467. The molecule has 1 amide bonds. The molecule has 0 aliphatic carbocycles. The molecule has 0 aliphatic rings. The largest absolute Gasteiger partial charge is 0.347 e. The third-order valence-electron chi connectivity index (χ3n) is 3.21. The molecule has 118 valence electrons. The lowest BCUT2D eigenvalue weighted by Gasteiger charge is -2.09. The third-order valence-corrected chi connectivity index (χ3v) is 3.21. The van der Waals surface area contributed by atoms with Crippen molar-refractivity contribution >= 4 is 17.4 Å². The number of likely N-dealkylation sites (N-methyl/N-ethyl adjacent to an activating group) is 1. The van der Waals surface area contributed by atoms with Crippen molar-refractivity contribution in [3.63, 3.8) is 0 Å². The number of nitrogens with zero attached hydrogens (tertiary/aromatic N) is 5. The highest BCUT2D eigenvalue weighted by Crippen LogP contribution is 2.14. The van der Waals surface area contributed by atoms with Crippen LogP contribution < -0.4 is 5.32 Å². The molecule has 2 heterocycles. The summed E-state index contributed by atoms with van der Waals surface area (Å²) in [6, 6.07) is 1.94. The number of carbonyl (C=O) groups excluding carboxylic acids is 1. The van der Waals surface area contributed by atoms with Gasteiger partial charge in [0.2, 0.25) is 5.91 Å². The maximum absolute atomic E-state index is 11.6. The van der Waals surface area contributed by atoms with E-state index < -0.39 is 0 Å². The van der Waals surface area contributed by atoms with Gasteiger partial charge in [0, 0.05) is 32.1 Å². The van der Waals surface area contributed by atoms with Crippen LogP contribution in [0, 0.1) is 0 Å². The summed E-state index contributed by atoms with van der Waals surface area (Å²) in [6.07, 6.45) is 8.23. The van der Waals surface area contributed by atoms with Crippen LogP contribution >= 0.6 is 0 Å². The Kier molecular flexibility index (Phi) is 5.46. The monoisotopic (exact) mass is 302 g/mol. The average Bonchev–Trinajstić information content (AvgIpc) is 2.92. The SMILES string of the molecule is CCCCc1cc(Nc2cnn(CC(=O)N(C)C)c2)ncn1. The molecule has 7 heteroatoms. The second-order valence-corrected chi connectivity index (χ2v) is 5.34. The van der Waals surface area contributed by atoms with Crippen LogP contribution in [0.1, 0.15) is 25.5 Å². The molecule has 0 atom stereocenters. The van der Waals surface area contributed by atoms with Gasteiger partial charge in [-0.2, -0.15) is 5.10 Å². The Morgan fingerprint density at radius 1 is 1.36 bits per heavy atom. The zero-order chi connectivity index (χ0) is 15.9. The fourth-order valence-electron chi connectivity index (χ4n) is 1.90. The molecule has 0 bridgehead atoms. The molecule has 7 nitrogen and oxygen atoms in total. The summed E-state index contributed by atoms with van der Waals surface area (Å²) in [7, 11) is 3.45. The lowest BCUT2D eigenvalue weighted by molar-refractivity contribution is -0.129. The quantitative estimate of drug-likeness (QED) is 0.844. The first-order valence-corrected chi connectivity index (χ1v) is 7.39. The van der Waals surface area contributed by atoms with Crippen LogP contribution in [0.2, 0.25) is 0 Å². The molecule has 0 saturated heterocycles. The van der Waals surface area contributed by atoms with Crippen LogP contribution in [0.4, 0.5) is 11.5 Å². The van der Waals surface area contributed by atoms with Crippen LogP contribution in [0.15, 0.2) is 24.8 Å². The molecular formula is C15H22N6O. The lowest BCUT2D eigenvalue weighted by Crippen LogP contribution is -2.26. The van der Waals surface area contributed by atoms with Gasteiger partial charge in [-0.3, -0.25) is 9.48 Å². The standard InChI is InChI=1S/C15H22N6O/c1-4-5-6-12-7-14(17-11-16-12)19-13-8-18-21(9-13)10-15(22)20(2)3/h7-9,11H,4-6,10H2,1-3H3,(H,16,17,19). The predicted octanol–water partition coefficient (Wildman–Crippen LogP) is 1.85. The van der Waals surface area contributed by atoms with Crippen molar-refractivity contribution in [1.29, 1.82) is 0 Å². The Bertz CT molecular complexity index is 622. The smallest absolute Gasteiger partial charge is 0.243 e. The highest BCUT2D eigenvalue weighted by molar-refractivity contribution is 5.75. The molecule has 0 aliphatic heterocycles. The minimum absolute atomic E-state index is 0.00135. The second kappa shape index (κ2) is 7.53. The van der Waals surface area contributed by atoms with E-state index in [4.69, 9.17) is 0 Å². The Morgan fingerprint density at radius 3 is 2.91 bits per heavy atom. The predicted molar refractivity (Wildman–Crippen MR) is 84.8 cm³/mol. The van der Waals surface area contributed by atoms with Gasteiger partial charge >= 0.3 is 0 Å². The Labute approximate surface area is 130 Å². The molecular weight excluding hydrogens is 280 g/mol. The van der Waals surface area contributed by atoms with Gasteiger partial charge in [0.05, 0.1) is 11.9 Å². The molecule has 2 rings (SSSR count). The third kappa shape index (κ3) is 4.54. The minimum atomic E-state index is -0.00135. The van der Waals surface area contributed by atoms with Crippen LogP contribution in [-0.2, 0) is 17.8 Å². The average molecular weight is 302 g/mol. The molecule has 1 N–H and O–H groups in total.